The maximum absolute atomic E-state index is 12.2. The normalized spacial score (nSPS) is 14.7. The van der Waals surface area contributed by atoms with Crippen molar-refractivity contribution in [2.45, 2.75) is 38.7 Å². The molecule has 1 aliphatic rings. The average molecular weight is 318 g/mol. The van der Waals surface area contributed by atoms with Gasteiger partial charge >= 0.3 is 0 Å². The smallest absolute Gasteiger partial charge is 0.251 e. The van der Waals surface area contributed by atoms with Crippen LogP contribution in [0, 0.1) is 5.92 Å². The van der Waals surface area contributed by atoms with Gasteiger partial charge in [0.15, 0.2) is 0 Å². The van der Waals surface area contributed by atoms with Crippen LogP contribution in [0.1, 0.15) is 48.0 Å². The summed E-state index contributed by atoms with van der Waals surface area (Å²) >= 11 is 0. The third kappa shape index (κ3) is 5.67. The Labute approximate surface area is 137 Å². The molecule has 0 spiro atoms. The van der Waals surface area contributed by atoms with Crippen LogP contribution >= 0.6 is 0 Å². The molecule has 0 heterocycles. The molecule has 0 aliphatic heterocycles. The first-order chi connectivity index (χ1) is 11.2. The molecule has 0 aromatic heterocycles. The van der Waals surface area contributed by atoms with Gasteiger partial charge in [0.05, 0.1) is 6.61 Å². The van der Waals surface area contributed by atoms with Crippen molar-refractivity contribution >= 4 is 11.8 Å². The average Bonchev–Trinajstić information content (AvgIpc) is 3.05. The Morgan fingerprint density at radius 3 is 2.57 bits per heavy atom. The summed E-state index contributed by atoms with van der Waals surface area (Å²) in [6.45, 7) is 1.29. The lowest BCUT2D eigenvalue weighted by molar-refractivity contribution is -0.121. The molecule has 126 valence electrons. The second-order valence-electron chi connectivity index (χ2n) is 6.05. The summed E-state index contributed by atoms with van der Waals surface area (Å²) in [4.78, 5) is 24.0. The van der Waals surface area contributed by atoms with Crippen molar-refractivity contribution in [3.05, 3.63) is 35.4 Å². The molecule has 0 unspecified atom stereocenters. The number of hydrogen-bond donors (Lipinski definition) is 2. The van der Waals surface area contributed by atoms with E-state index in [-0.39, 0.29) is 11.8 Å². The zero-order chi connectivity index (χ0) is 16.5. The van der Waals surface area contributed by atoms with Crippen molar-refractivity contribution in [2.75, 3.05) is 20.2 Å². The Bertz CT molecular complexity index is 525. The number of hydrogen-bond acceptors (Lipinski definition) is 3. The summed E-state index contributed by atoms with van der Waals surface area (Å²) in [5, 5.41) is 5.72. The first kappa shape index (κ1) is 17.5. The molecule has 1 aliphatic carbocycles. The summed E-state index contributed by atoms with van der Waals surface area (Å²) in [5.74, 6) is 0.499. The van der Waals surface area contributed by atoms with E-state index in [9.17, 15) is 9.59 Å². The van der Waals surface area contributed by atoms with Crippen molar-refractivity contribution in [3.63, 3.8) is 0 Å². The Morgan fingerprint density at radius 2 is 1.83 bits per heavy atom. The standard InChI is InChI=1S/C18H26N2O3/c1-23-13-15-8-4-5-9-16(15)18(22)20-11-10-19-17(21)12-14-6-2-3-7-14/h4-5,8-9,14H,2-3,6-7,10-13H2,1H3,(H,19,21)(H,20,22). The van der Waals surface area contributed by atoms with Gasteiger partial charge in [0.1, 0.15) is 0 Å². The van der Waals surface area contributed by atoms with Crippen LogP contribution in [0.15, 0.2) is 24.3 Å². The van der Waals surface area contributed by atoms with Crippen LogP contribution in [0.25, 0.3) is 0 Å². The quantitative estimate of drug-likeness (QED) is 0.723. The minimum atomic E-state index is -0.136. The molecule has 0 radical (unpaired) electrons. The van der Waals surface area contributed by atoms with E-state index in [1.165, 1.54) is 25.7 Å². The Morgan fingerprint density at radius 1 is 1.13 bits per heavy atom. The molecule has 0 saturated heterocycles. The summed E-state index contributed by atoms with van der Waals surface area (Å²) in [5.41, 5.74) is 1.48. The molecule has 1 aromatic rings. The second kappa shape index (κ2) is 9.30. The van der Waals surface area contributed by atoms with E-state index in [2.05, 4.69) is 10.6 Å². The Balaban J connectivity index is 1.69. The number of carbonyl (C=O) groups is 2. The molecule has 1 fully saturated rings. The van der Waals surface area contributed by atoms with Crippen LogP contribution in [0.3, 0.4) is 0 Å². The van der Waals surface area contributed by atoms with Crippen molar-refractivity contribution < 1.29 is 14.3 Å². The number of carbonyl (C=O) groups excluding carboxylic acids is 2. The lowest BCUT2D eigenvalue weighted by Gasteiger charge is -2.11. The van der Waals surface area contributed by atoms with Gasteiger partial charge in [-0.2, -0.15) is 0 Å². The van der Waals surface area contributed by atoms with E-state index >= 15 is 0 Å². The minimum absolute atomic E-state index is 0.0888. The van der Waals surface area contributed by atoms with E-state index in [0.717, 1.165) is 5.56 Å². The SMILES string of the molecule is COCc1ccccc1C(=O)NCCNC(=O)CC1CCCC1. The van der Waals surface area contributed by atoms with Crippen LogP contribution in [0.2, 0.25) is 0 Å². The van der Waals surface area contributed by atoms with Crippen molar-refractivity contribution in [2.24, 2.45) is 5.92 Å². The largest absolute Gasteiger partial charge is 0.380 e. The fourth-order valence-corrected chi connectivity index (χ4v) is 3.05. The van der Waals surface area contributed by atoms with E-state index in [4.69, 9.17) is 4.74 Å². The third-order valence-corrected chi connectivity index (χ3v) is 4.24. The topological polar surface area (TPSA) is 67.4 Å². The fourth-order valence-electron chi connectivity index (χ4n) is 3.05. The monoisotopic (exact) mass is 318 g/mol. The lowest BCUT2D eigenvalue weighted by atomic mass is 10.0. The van der Waals surface area contributed by atoms with Crippen LogP contribution in [-0.2, 0) is 16.1 Å². The maximum Gasteiger partial charge on any atom is 0.251 e. The Hall–Kier alpha value is -1.88. The zero-order valence-corrected chi connectivity index (χ0v) is 13.8. The Kier molecular flexibility index (Phi) is 7.07. The molecule has 0 bridgehead atoms. The first-order valence-corrected chi connectivity index (χ1v) is 8.32. The van der Waals surface area contributed by atoms with Crippen molar-refractivity contribution in [1.29, 1.82) is 0 Å². The van der Waals surface area contributed by atoms with Gasteiger partial charge in [-0.25, -0.2) is 0 Å². The maximum atomic E-state index is 12.2. The van der Waals surface area contributed by atoms with Gasteiger partial charge in [-0.1, -0.05) is 31.0 Å². The number of benzene rings is 1. The highest BCUT2D eigenvalue weighted by Crippen LogP contribution is 2.27. The number of ether oxygens (including phenoxy) is 1. The van der Waals surface area contributed by atoms with Crippen LogP contribution in [-0.4, -0.2) is 32.0 Å². The molecule has 1 aromatic carbocycles. The minimum Gasteiger partial charge on any atom is -0.380 e. The molecule has 1 saturated carbocycles. The van der Waals surface area contributed by atoms with Crippen molar-refractivity contribution in [1.82, 2.24) is 10.6 Å². The molecule has 5 heteroatoms. The van der Waals surface area contributed by atoms with Gasteiger partial charge in [0.25, 0.3) is 5.91 Å². The van der Waals surface area contributed by atoms with Crippen molar-refractivity contribution in [3.8, 4) is 0 Å². The van der Waals surface area contributed by atoms with Crippen LogP contribution in [0.5, 0.6) is 0 Å². The highest BCUT2D eigenvalue weighted by atomic mass is 16.5. The lowest BCUT2D eigenvalue weighted by Crippen LogP contribution is -2.35. The van der Waals surface area contributed by atoms with E-state index in [1.807, 2.05) is 18.2 Å². The molecular weight excluding hydrogens is 292 g/mol. The first-order valence-electron chi connectivity index (χ1n) is 8.32. The number of amides is 2. The van der Waals surface area contributed by atoms with E-state index < -0.39 is 0 Å². The summed E-state index contributed by atoms with van der Waals surface area (Å²) < 4.78 is 5.10. The highest BCUT2D eigenvalue weighted by Gasteiger charge is 2.18. The van der Waals surface area contributed by atoms with Gasteiger partial charge in [-0.15, -0.1) is 0 Å². The van der Waals surface area contributed by atoms with Gasteiger partial charge in [0.2, 0.25) is 5.91 Å². The fraction of sp³-hybridized carbons (Fsp3) is 0.556. The predicted octanol–water partition coefficient (Wildman–Crippen LogP) is 2.26. The number of methoxy groups -OCH3 is 1. The molecule has 2 amide bonds. The molecule has 23 heavy (non-hydrogen) atoms. The molecule has 2 rings (SSSR count). The number of nitrogens with one attached hydrogen (secondary N) is 2. The number of rotatable bonds is 8. The summed E-state index contributed by atoms with van der Waals surface area (Å²) in [6, 6.07) is 7.37. The molecule has 0 atom stereocenters. The molecule has 5 nitrogen and oxygen atoms in total. The van der Waals surface area contributed by atoms with Crippen LogP contribution < -0.4 is 10.6 Å². The molecule has 2 N–H and O–H groups in total. The second-order valence-corrected chi connectivity index (χ2v) is 6.05. The van der Waals surface area contributed by atoms with Gasteiger partial charge < -0.3 is 15.4 Å². The molecular formula is C18H26N2O3. The van der Waals surface area contributed by atoms with Crippen LogP contribution in [0.4, 0.5) is 0 Å². The van der Waals surface area contributed by atoms with E-state index in [1.54, 1.807) is 13.2 Å². The zero-order valence-electron chi connectivity index (χ0n) is 13.8. The highest BCUT2D eigenvalue weighted by molar-refractivity contribution is 5.95. The van der Waals surface area contributed by atoms with Gasteiger partial charge in [0, 0.05) is 32.2 Å². The van der Waals surface area contributed by atoms with Gasteiger partial charge in [-0.05, 0) is 30.4 Å². The predicted molar refractivity (Wildman–Crippen MR) is 89.1 cm³/mol. The van der Waals surface area contributed by atoms with E-state index in [0.29, 0.717) is 37.6 Å². The summed E-state index contributed by atoms with van der Waals surface area (Å²) in [7, 11) is 1.61. The van der Waals surface area contributed by atoms with Gasteiger partial charge in [-0.3, -0.25) is 9.59 Å². The summed E-state index contributed by atoms with van der Waals surface area (Å²) in [6.07, 6.45) is 5.44. The third-order valence-electron chi connectivity index (χ3n) is 4.24.